The summed E-state index contributed by atoms with van der Waals surface area (Å²) in [6.45, 7) is 9.71. The van der Waals surface area contributed by atoms with Gasteiger partial charge in [0, 0.05) is 88.7 Å². The number of anilines is 3. The van der Waals surface area contributed by atoms with Crippen LogP contribution in [0.15, 0.2) is 59.8 Å². The van der Waals surface area contributed by atoms with E-state index in [1.165, 1.54) is 0 Å². The summed E-state index contributed by atoms with van der Waals surface area (Å²) in [7, 11) is -1.97. The van der Waals surface area contributed by atoms with Crippen LogP contribution in [0.1, 0.15) is 75.8 Å². The minimum absolute atomic E-state index is 0.153. The highest BCUT2D eigenvalue weighted by molar-refractivity contribution is 7.89. The Morgan fingerprint density at radius 3 is 2.19 bits per heavy atom. The molecule has 2 aromatic carbocycles. The molecule has 20 heteroatoms. The summed E-state index contributed by atoms with van der Waals surface area (Å²) < 4.78 is 54.1. The standard InChI is InChI=1S/C50H69N9O10S/c1-3-4-18-52-50-53-33-41-42(34-59(47(41)55-50)36-10-12-37(60)13-11-36)35-8-14-38(15-9-35)70(64,65)58-22-20-57(21-23-58)24-26-67-28-30-69-32-31-68-29-27-66-25-19-51-43-7-5-6-39-45(49(63)56(2)46(39)43)40-16-17-44(61)54-48(40)62/h5-9,14-15,33-34,36-37,40,45,51,60H,3-4,10-13,16-32H2,1-2H3,(H,52,53,55)(H,54,61,62). The fourth-order valence-electron chi connectivity index (χ4n) is 9.90. The predicted molar refractivity (Wildman–Crippen MR) is 265 cm³/mol. The van der Waals surface area contributed by atoms with Crippen molar-refractivity contribution in [1.29, 1.82) is 0 Å². The van der Waals surface area contributed by atoms with E-state index in [4.69, 9.17) is 23.9 Å². The first-order chi connectivity index (χ1) is 34.0. The van der Waals surface area contributed by atoms with Crippen molar-refractivity contribution < 1.29 is 46.9 Å². The first-order valence-corrected chi connectivity index (χ1v) is 26.4. The number of piperidine rings is 1. The Labute approximate surface area is 410 Å². The number of amides is 3. The van der Waals surface area contributed by atoms with E-state index >= 15 is 0 Å². The molecule has 0 spiro atoms. The van der Waals surface area contributed by atoms with Crippen LogP contribution in [0.5, 0.6) is 0 Å². The summed E-state index contributed by atoms with van der Waals surface area (Å²) >= 11 is 0. The van der Waals surface area contributed by atoms with E-state index in [-0.39, 0.29) is 35.3 Å². The second kappa shape index (κ2) is 24.4. The van der Waals surface area contributed by atoms with Gasteiger partial charge in [0.15, 0.2) is 0 Å². The maximum Gasteiger partial charge on any atom is 0.243 e. The van der Waals surface area contributed by atoms with Gasteiger partial charge in [0.05, 0.1) is 87.1 Å². The molecule has 0 radical (unpaired) electrons. The SMILES string of the molecule is CCCCNc1ncc2c(-c3ccc(S(=O)(=O)N4CCN(CCOCCOCCOCCOCCNc5cccc6c5N(C)C(=O)C6C5CCC(=O)NC5=O)CC4)cc3)cn(C3CCC(O)CC3)c2n1. The zero-order valence-corrected chi connectivity index (χ0v) is 41.3. The van der Waals surface area contributed by atoms with Gasteiger partial charge in [-0.15, -0.1) is 0 Å². The van der Waals surface area contributed by atoms with Crippen LogP contribution in [-0.2, 0) is 43.4 Å². The number of unbranched alkanes of at least 4 members (excludes halogenated alkanes) is 1. The number of imide groups is 1. The summed E-state index contributed by atoms with van der Waals surface area (Å²) in [5.74, 6) is -1.44. The van der Waals surface area contributed by atoms with Crippen molar-refractivity contribution in [3.05, 3.63) is 60.4 Å². The maximum atomic E-state index is 13.8. The van der Waals surface area contributed by atoms with Gasteiger partial charge in [-0.05, 0) is 67.9 Å². The molecule has 5 heterocycles. The van der Waals surface area contributed by atoms with Crippen LogP contribution >= 0.6 is 0 Å². The van der Waals surface area contributed by atoms with E-state index in [0.717, 1.165) is 84.2 Å². The van der Waals surface area contributed by atoms with E-state index < -0.39 is 27.8 Å². The average molecular weight is 988 g/mol. The molecule has 2 unspecified atom stereocenters. The van der Waals surface area contributed by atoms with Gasteiger partial charge in [0.25, 0.3) is 0 Å². The molecule has 4 aromatic rings. The zero-order chi connectivity index (χ0) is 49.0. The van der Waals surface area contributed by atoms with Crippen molar-refractivity contribution in [1.82, 2.24) is 29.1 Å². The topological polar surface area (TPSA) is 219 Å². The quantitative estimate of drug-likeness (QED) is 0.0535. The molecule has 380 valence electrons. The molecule has 4 aliphatic rings. The van der Waals surface area contributed by atoms with Crippen LogP contribution in [0.25, 0.3) is 22.2 Å². The molecule has 0 bridgehead atoms. The number of hydrogen-bond donors (Lipinski definition) is 4. The summed E-state index contributed by atoms with van der Waals surface area (Å²) in [6, 6.07) is 13.0. The third kappa shape index (κ3) is 12.3. The van der Waals surface area contributed by atoms with E-state index in [0.29, 0.717) is 104 Å². The number of carbonyl (C=O) groups excluding carboxylic acids is 3. The number of rotatable bonds is 25. The van der Waals surface area contributed by atoms with Gasteiger partial charge in [-0.25, -0.2) is 13.4 Å². The number of ether oxygens (including phenoxy) is 4. The number of sulfonamides is 1. The van der Waals surface area contributed by atoms with Gasteiger partial charge < -0.3 is 44.2 Å². The first-order valence-electron chi connectivity index (χ1n) is 24.9. The molecule has 4 N–H and O–H groups in total. The van der Waals surface area contributed by atoms with Crippen LogP contribution < -0.4 is 20.9 Å². The number of hydrogen-bond acceptors (Lipinski definition) is 15. The molecule has 1 aliphatic carbocycles. The normalized spacial score (nSPS) is 21.4. The number of carbonyl (C=O) groups is 3. The lowest BCUT2D eigenvalue weighted by Gasteiger charge is -2.33. The number of fused-ring (bicyclic) bond motifs is 2. The number of nitrogens with zero attached hydrogens (tertiary/aromatic N) is 6. The van der Waals surface area contributed by atoms with Crippen LogP contribution in [-0.4, -0.2) is 167 Å². The van der Waals surface area contributed by atoms with Gasteiger partial charge in [0.2, 0.25) is 33.7 Å². The lowest BCUT2D eigenvalue weighted by molar-refractivity contribution is -0.139. The molecule has 1 saturated carbocycles. The van der Waals surface area contributed by atoms with Crippen LogP contribution in [0.2, 0.25) is 0 Å². The minimum Gasteiger partial charge on any atom is -0.393 e. The van der Waals surface area contributed by atoms with Crippen LogP contribution in [0.4, 0.5) is 17.3 Å². The van der Waals surface area contributed by atoms with E-state index in [2.05, 4.69) is 43.5 Å². The molecular weight excluding hydrogens is 919 g/mol. The molecule has 2 atom stereocenters. The molecule has 70 heavy (non-hydrogen) atoms. The van der Waals surface area contributed by atoms with Gasteiger partial charge in [0.1, 0.15) is 5.65 Å². The zero-order valence-electron chi connectivity index (χ0n) is 40.5. The number of piperazine rings is 1. The lowest BCUT2D eigenvalue weighted by Crippen LogP contribution is -2.49. The Morgan fingerprint density at radius 1 is 0.814 bits per heavy atom. The number of aliphatic hydroxyl groups excluding tert-OH is 1. The Hall–Kier alpha value is -5.06. The molecule has 3 fully saturated rings. The number of aromatic nitrogens is 3. The van der Waals surface area contributed by atoms with Crippen molar-refractivity contribution >= 4 is 56.1 Å². The largest absolute Gasteiger partial charge is 0.393 e. The lowest BCUT2D eigenvalue weighted by atomic mass is 9.81. The number of nitrogens with one attached hydrogen (secondary N) is 3. The highest BCUT2D eigenvalue weighted by Crippen LogP contribution is 2.46. The molecule has 2 aromatic heterocycles. The van der Waals surface area contributed by atoms with Gasteiger partial charge in [-0.1, -0.05) is 37.6 Å². The number of likely N-dealkylation sites (N-methyl/N-ethyl adjacent to an activating group) is 1. The summed E-state index contributed by atoms with van der Waals surface area (Å²) in [6.07, 6.45) is 9.61. The minimum atomic E-state index is -3.68. The van der Waals surface area contributed by atoms with E-state index in [9.17, 15) is 27.9 Å². The molecule has 19 nitrogen and oxygen atoms in total. The first kappa shape index (κ1) is 51.3. The second-order valence-corrected chi connectivity index (χ2v) is 20.4. The highest BCUT2D eigenvalue weighted by atomic mass is 32.2. The fourth-order valence-corrected chi connectivity index (χ4v) is 11.3. The average Bonchev–Trinajstić information content (AvgIpc) is 3.87. The van der Waals surface area contributed by atoms with Crippen LogP contribution in [0.3, 0.4) is 0 Å². The van der Waals surface area contributed by atoms with Gasteiger partial charge in [-0.3, -0.25) is 24.6 Å². The summed E-state index contributed by atoms with van der Waals surface area (Å²) in [5, 5.41) is 20.2. The maximum absolute atomic E-state index is 13.8. The molecule has 8 rings (SSSR count). The van der Waals surface area contributed by atoms with Crippen molar-refractivity contribution in [2.75, 3.05) is 121 Å². The van der Waals surface area contributed by atoms with Gasteiger partial charge >= 0.3 is 0 Å². The number of benzene rings is 2. The van der Waals surface area contributed by atoms with Crippen molar-refractivity contribution in [3.63, 3.8) is 0 Å². The Bertz CT molecular complexity index is 2510. The van der Waals surface area contributed by atoms with Crippen molar-refractivity contribution in [2.24, 2.45) is 5.92 Å². The second-order valence-electron chi connectivity index (χ2n) is 18.4. The highest BCUT2D eigenvalue weighted by Gasteiger charge is 2.46. The molecule has 3 aliphatic heterocycles. The third-order valence-electron chi connectivity index (χ3n) is 13.8. The molecule has 2 saturated heterocycles. The predicted octanol–water partition coefficient (Wildman–Crippen LogP) is 4.38. The Morgan fingerprint density at radius 2 is 1.50 bits per heavy atom. The fraction of sp³-hybridized carbons (Fsp3) is 0.580. The van der Waals surface area contributed by atoms with E-state index in [1.54, 1.807) is 28.4 Å². The Kier molecular flexibility index (Phi) is 17.9. The number of aliphatic hydroxyl groups is 1. The third-order valence-corrected chi connectivity index (χ3v) is 15.7. The summed E-state index contributed by atoms with van der Waals surface area (Å²) in [5.41, 5.74) is 5.01. The summed E-state index contributed by atoms with van der Waals surface area (Å²) in [4.78, 5) is 51.1. The Balaban J connectivity index is 0.678. The smallest absolute Gasteiger partial charge is 0.243 e. The van der Waals surface area contributed by atoms with Crippen molar-refractivity contribution in [3.8, 4) is 11.1 Å². The number of para-hydroxylation sites is 1. The monoisotopic (exact) mass is 987 g/mol. The van der Waals surface area contributed by atoms with E-state index in [1.807, 2.05) is 36.5 Å². The molecular formula is C50H69N9O10S. The van der Waals surface area contributed by atoms with Crippen molar-refractivity contribution in [2.45, 2.75) is 81.2 Å². The van der Waals surface area contributed by atoms with Gasteiger partial charge in [-0.2, -0.15) is 9.29 Å². The van der Waals surface area contributed by atoms with Crippen LogP contribution in [0, 0.1) is 5.92 Å². The molecule has 3 amide bonds.